The second kappa shape index (κ2) is 7.41. The van der Waals surface area contributed by atoms with E-state index < -0.39 is 22.0 Å². The van der Waals surface area contributed by atoms with E-state index in [1.54, 1.807) is 11.3 Å². The molecule has 2 aromatic rings. The highest BCUT2D eigenvalue weighted by Gasteiger charge is 2.35. The molecule has 0 aliphatic carbocycles. The standard InChI is InChI=1S/C18H19NO6S2/c1-11-15-5-7-26-16(15)4-6-19(11)27(22,23)14-9-12(17(20)24-2)8-13(10-14)18(21)25-3/h5,7-11H,4,6H2,1-3H3/t11-/m1/s1. The third-order valence-corrected chi connectivity index (χ3v) is 7.52. The lowest BCUT2D eigenvalue weighted by Crippen LogP contribution is -2.38. The van der Waals surface area contributed by atoms with Crippen LogP contribution < -0.4 is 0 Å². The molecule has 0 spiro atoms. The fraction of sp³-hybridized carbons (Fsp3) is 0.333. The van der Waals surface area contributed by atoms with Crippen LogP contribution in [0.1, 0.15) is 44.1 Å². The first kappa shape index (κ1) is 19.5. The molecule has 0 N–H and O–H groups in total. The minimum Gasteiger partial charge on any atom is -0.465 e. The van der Waals surface area contributed by atoms with Crippen molar-refractivity contribution in [3.05, 3.63) is 51.2 Å². The lowest BCUT2D eigenvalue weighted by Gasteiger charge is -2.32. The Bertz CT molecular complexity index is 961. The molecule has 0 radical (unpaired) electrons. The van der Waals surface area contributed by atoms with Crippen molar-refractivity contribution in [1.82, 2.24) is 4.31 Å². The van der Waals surface area contributed by atoms with Gasteiger partial charge in [-0.3, -0.25) is 0 Å². The molecule has 27 heavy (non-hydrogen) atoms. The predicted molar refractivity (Wildman–Crippen MR) is 99.5 cm³/mol. The van der Waals surface area contributed by atoms with Gasteiger partial charge < -0.3 is 9.47 Å². The molecule has 1 aromatic carbocycles. The summed E-state index contributed by atoms with van der Waals surface area (Å²) < 4.78 is 37.3. The van der Waals surface area contributed by atoms with E-state index in [1.165, 1.54) is 41.6 Å². The molecule has 144 valence electrons. The fourth-order valence-corrected chi connectivity index (χ4v) is 5.82. The molecule has 2 heterocycles. The number of thiophene rings is 1. The number of carbonyl (C=O) groups is 2. The van der Waals surface area contributed by atoms with Crippen LogP contribution in [0.3, 0.4) is 0 Å². The number of methoxy groups -OCH3 is 2. The van der Waals surface area contributed by atoms with Crippen molar-refractivity contribution in [3.8, 4) is 0 Å². The van der Waals surface area contributed by atoms with Crippen molar-refractivity contribution in [2.45, 2.75) is 24.3 Å². The second-order valence-corrected chi connectivity index (χ2v) is 8.96. The number of hydrogen-bond donors (Lipinski definition) is 0. The summed E-state index contributed by atoms with van der Waals surface area (Å²) in [6.45, 7) is 2.15. The molecule has 0 bridgehead atoms. The third kappa shape index (κ3) is 3.50. The molecule has 0 amide bonds. The van der Waals surface area contributed by atoms with Crippen LogP contribution in [0.15, 0.2) is 34.5 Å². The Labute approximate surface area is 161 Å². The number of fused-ring (bicyclic) bond motifs is 1. The van der Waals surface area contributed by atoms with Crippen LogP contribution in [-0.4, -0.2) is 45.4 Å². The van der Waals surface area contributed by atoms with Gasteiger partial charge in [0.05, 0.1) is 30.2 Å². The number of sulfonamides is 1. The maximum absolute atomic E-state index is 13.3. The van der Waals surface area contributed by atoms with Crippen LogP contribution in [0.5, 0.6) is 0 Å². The summed E-state index contributed by atoms with van der Waals surface area (Å²) >= 11 is 1.61. The van der Waals surface area contributed by atoms with Crippen molar-refractivity contribution in [2.24, 2.45) is 0 Å². The predicted octanol–water partition coefficient (Wildman–Crippen LogP) is 2.63. The van der Waals surface area contributed by atoms with E-state index in [-0.39, 0.29) is 22.1 Å². The first-order valence-electron chi connectivity index (χ1n) is 8.19. The Morgan fingerprint density at radius 3 is 2.26 bits per heavy atom. The Balaban J connectivity index is 2.08. The van der Waals surface area contributed by atoms with Gasteiger partial charge in [-0.1, -0.05) is 0 Å². The summed E-state index contributed by atoms with van der Waals surface area (Å²) in [5, 5.41) is 1.95. The van der Waals surface area contributed by atoms with E-state index in [0.29, 0.717) is 13.0 Å². The topological polar surface area (TPSA) is 90.0 Å². The zero-order valence-corrected chi connectivity index (χ0v) is 16.7. The third-order valence-electron chi connectivity index (χ3n) is 4.58. The quantitative estimate of drug-likeness (QED) is 0.721. The summed E-state index contributed by atoms with van der Waals surface area (Å²) in [7, 11) is -1.56. The number of carbonyl (C=O) groups excluding carboxylic acids is 2. The van der Waals surface area contributed by atoms with Gasteiger partial charge in [-0.15, -0.1) is 11.3 Å². The maximum Gasteiger partial charge on any atom is 0.337 e. The van der Waals surface area contributed by atoms with Crippen molar-refractivity contribution in [1.29, 1.82) is 0 Å². The molecule has 7 nitrogen and oxygen atoms in total. The van der Waals surface area contributed by atoms with E-state index in [4.69, 9.17) is 0 Å². The molecule has 0 fully saturated rings. The normalized spacial score (nSPS) is 17.2. The van der Waals surface area contributed by atoms with Gasteiger partial charge in [-0.25, -0.2) is 18.0 Å². The molecule has 0 saturated carbocycles. The zero-order valence-electron chi connectivity index (χ0n) is 15.1. The van der Waals surface area contributed by atoms with Crippen LogP contribution in [0.25, 0.3) is 0 Å². The fourth-order valence-electron chi connectivity index (χ4n) is 3.17. The average molecular weight is 409 g/mol. The van der Waals surface area contributed by atoms with Crippen molar-refractivity contribution in [3.63, 3.8) is 0 Å². The van der Waals surface area contributed by atoms with Gasteiger partial charge in [-0.05, 0) is 48.6 Å². The van der Waals surface area contributed by atoms with Crippen LogP contribution in [0.4, 0.5) is 0 Å². The Kier molecular flexibility index (Phi) is 5.36. The van der Waals surface area contributed by atoms with E-state index in [9.17, 15) is 18.0 Å². The van der Waals surface area contributed by atoms with Crippen LogP contribution in [-0.2, 0) is 25.9 Å². The number of rotatable bonds is 4. The Morgan fingerprint density at radius 1 is 1.11 bits per heavy atom. The van der Waals surface area contributed by atoms with Gasteiger partial charge in [0, 0.05) is 17.5 Å². The minimum absolute atomic E-state index is 0.0279. The van der Waals surface area contributed by atoms with E-state index in [1.807, 2.05) is 18.4 Å². The number of benzene rings is 1. The van der Waals surface area contributed by atoms with Crippen LogP contribution >= 0.6 is 11.3 Å². The summed E-state index contributed by atoms with van der Waals surface area (Å²) in [4.78, 5) is 24.9. The smallest absolute Gasteiger partial charge is 0.337 e. The van der Waals surface area contributed by atoms with Gasteiger partial charge >= 0.3 is 11.9 Å². The Hall–Kier alpha value is -2.23. The summed E-state index contributed by atoms with van der Waals surface area (Å²) in [6, 6.07) is 5.30. The molecule has 3 rings (SSSR count). The van der Waals surface area contributed by atoms with E-state index in [2.05, 4.69) is 9.47 Å². The summed E-state index contributed by atoms with van der Waals surface area (Å²) in [6.07, 6.45) is 0.622. The minimum atomic E-state index is -3.94. The highest BCUT2D eigenvalue weighted by Crippen LogP contribution is 2.36. The number of esters is 2. The molecular formula is C18H19NO6S2. The maximum atomic E-state index is 13.3. The van der Waals surface area contributed by atoms with Gasteiger partial charge in [-0.2, -0.15) is 4.31 Å². The highest BCUT2D eigenvalue weighted by molar-refractivity contribution is 7.89. The monoisotopic (exact) mass is 409 g/mol. The Morgan fingerprint density at radius 2 is 1.70 bits per heavy atom. The molecule has 1 aliphatic rings. The van der Waals surface area contributed by atoms with Crippen molar-refractivity contribution < 1.29 is 27.5 Å². The zero-order chi connectivity index (χ0) is 19.8. The second-order valence-electron chi connectivity index (χ2n) is 6.07. The molecule has 1 aromatic heterocycles. The molecule has 1 aliphatic heterocycles. The molecule has 0 saturated heterocycles. The van der Waals surface area contributed by atoms with Crippen LogP contribution in [0, 0.1) is 0 Å². The van der Waals surface area contributed by atoms with Gasteiger partial charge in [0.1, 0.15) is 0 Å². The first-order chi connectivity index (χ1) is 12.8. The molecule has 1 atom stereocenters. The SMILES string of the molecule is COC(=O)c1cc(C(=O)OC)cc(S(=O)(=O)N2CCc3sccc3[C@H]2C)c1. The van der Waals surface area contributed by atoms with Crippen molar-refractivity contribution >= 4 is 33.3 Å². The highest BCUT2D eigenvalue weighted by atomic mass is 32.2. The number of hydrogen-bond acceptors (Lipinski definition) is 7. The molecule has 0 unspecified atom stereocenters. The summed E-state index contributed by atoms with van der Waals surface area (Å²) in [5.41, 5.74) is 0.923. The average Bonchev–Trinajstić information content (AvgIpc) is 3.16. The van der Waals surface area contributed by atoms with E-state index in [0.717, 1.165) is 5.56 Å². The largest absolute Gasteiger partial charge is 0.465 e. The van der Waals surface area contributed by atoms with Gasteiger partial charge in [0.25, 0.3) is 0 Å². The molecule has 9 heteroatoms. The lowest BCUT2D eigenvalue weighted by molar-refractivity contribution is 0.0598. The molecular weight excluding hydrogens is 390 g/mol. The number of nitrogens with zero attached hydrogens (tertiary/aromatic N) is 1. The van der Waals surface area contributed by atoms with Gasteiger partial charge in [0.15, 0.2) is 0 Å². The van der Waals surface area contributed by atoms with Crippen molar-refractivity contribution in [2.75, 3.05) is 20.8 Å². The summed E-state index contributed by atoms with van der Waals surface area (Å²) in [5.74, 6) is -1.46. The first-order valence-corrected chi connectivity index (χ1v) is 10.5. The van der Waals surface area contributed by atoms with Gasteiger partial charge in [0.2, 0.25) is 10.0 Å². The van der Waals surface area contributed by atoms with Crippen LogP contribution in [0.2, 0.25) is 0 Å². The lowest BCUT2D eigenvalue weighted by atomic mass is 10.0. The van der Waals surface area contributed by atoms with E-state index >= 15 is 0 Å². The number of ether oxygens (including phenoxy) is 2.